The summed E-state index contributed by atoms with van der Waals surface area (Å²) < 4.78 is 0. The number of amides is 2. The molecule has 5 N–H and O–H groups in total. The van der Waals surface area contributed by atoms with E-state index in [1.54, 1.807) is 37.4 Å². The van der Waals surface area contributed by atoms with Crippen molar-refractivity contribution in [2.45, 2.75) is 12.6 Å². The zero-order valence-electron chi connectivity index (χ0n) is 22.1. The van der Waals surface area contributed by atoms with E-state index in [2.05, 4.69) is 36.1 Å². The van der Waals surface area contributed by atoms with E-state index in [0.717, 1.165) is 11.8 Å². The minimum Gasteiger partial charge on any atom is -0.394 e. The van der Waals surface area contributed by atoms with Gasteiger partial charge in [0.25, 0.3) is 5.91 Å². The van der Waals surface area contributed by atoms with Crippen LogP contribution in [0.25, 0.3) is 11.3 Å². The Morgan fingerprint density at radius 2 is 2.10 bits per heavy atom. The van der Waals surface area contributed by atoms with Gasteiger partial charge in [-0.1, -0.05) is 29.8 Å². The first-order valence-electron chi connectivity index (χ1n) is 12.3. The molecule has 2 amide bonds. The summed E-state index contributed by atoms with van der Waals surface area (Å²) in [6.07, 6.45) is 2.42. The quantitative estimate of drug-likeness (QED) is 0.139. The van der Waals surface area contributed by atoms with E-state index in [1.807, 2.05) is 25.1 Å². The van der Waals surface area contributed by atoms with Gasteiger partial charge in [0.1, 0.15) is 12.4 Å². The topological polar surface area (TPSA) is 172 Å². The molecule has 1 aliphatic rings. The van der Waals surface area contributed by atoms with Crippen molar-refractivity contribution in [3.63, 3.8) is 0 Å². The molecular weight excluding hydrogens is 536 g/mol. The van der Waals surface area contributed by atoms with Crippen molar-refractivity contribution in [1.29, 1.82) is 5.41 Å². The van der Waals surface area contributed by atoms with E-state index < -0.39 is 11.9 Å². The third-order valence-electron chi connectivity index (χ3n) is 6.04. The molecule has 3 heterocycles. The van der Waals surface area contributed by atoms with Crippen LogP contribution in [0.15, 0.2) is 47.7 Å². The van der Waals surface area contributed by atoms with E-state index in [0.29, 0.717) is 28.3 Å². The SMILES string of the molecule is CN/N=C(\C=N)Nc1ncc(Cl)c(-c2ccc3c(c2)C(=O)N(CC(=O)N[C@H](CO)c2cccc(N(C)C)n2)C3)n1. The van der Waals surface area contributed by atoms with Crippen molar-refractivity contribution in [2.24, 2.45) is 5.10 Å². The number of carbonyl (C=O) groups excluding carboxylic acids is 2. The lowest BCUT2D eigenvalue weighted by molar-refractivity contribution is -0.122. The highest BCUT2D eigenvalue weighted by Crippen LogP contribution is 2.31. The highest BCUT2D eigenvalue weighted by molar-refractivity contribution is 6.34. The van der Waals surface area contributed by atoms with Crippen molar-refractivity contribution in [3.05, 3.63) is 64.4 Å². The second kappa shape index (κ2) is 12.5. The largest absolute Gasteiger partial charge is 0.394 e. The number of halogens is 1. The molecule has 208 valence electrons. The number of hydrazone groups is 1. The average Bonchev–Trinajstić information content (AvgIpc) is 3.26. The number of amidine groups is 1. The number of aliphatic hydroxyl groups excluding tert-OH is 1. The molecule has 0 fully saturated rings. The van der Waals surface area contributed by atoms with Crippen molar-refractivity contribution >= 4 is 47.2 Å². The zero-order chi connectivity index (χ0) is 28.8. The number of nitrogens with zero attached hydrogens (tertiary/aromatic N) is 6. The molecule has 4 rings (SSSR count). The van der Waals surface area contributed by atoms with Crippen LogP contribution in [0.5, 0.6) is 0 Å². The van der Waals surface area contributed by atoms with Gasteiger partial charge in [0.05, 0.1) is 41.5 Å². The third kappa shape index (κ3) is 6.33. The second-order valence-corrected chi connectivity index (χ2v) is 9.44. The predicted molar refractivity (Wildman–Crippen MR) is 153 cm³/mol. The second-order valence-electron chi connectivity index (χ2n) is 9.03. The summed E-state index contributed by atoms with van der Waals surface area (Å²) >= 11 is 6.37. The number of hydrogen-bond acceptors (Lipinski definition) is 10. The summed E-state index contributed by atoms with van der Waals surface area (Å²) in [5.41, 5.74) is 5.27. The number of nitrogens with one attached hydrogen (secondary N) is 4. The van der Waals surface area contributed by atoms with Crippen LogP contribution in [0, 0.1) is 5.41 Å². The van der Waals surface area contributed by atoms with E-state index >= 15 is 0 Å². The number of benzene rings is 1. The molecule has 0 saturated heterocycles. The molecule has 2 aromatic heterocycles. The molecule has 40 heavy (non-hydrogen) atoms. The van der Waals surface area contributed by atoms with Gasteiger partial charge in [0, 0.05) is 38.8 Å². The molecule has 1 aliphatic heterocycles. The predicted octanol–water partition coefficient (Wildman–Crippen LogP) is 1.66. The molecule has 0 aliphatic carbocycles. The molecule has 3 aromatic rings. The normalized spacial score (nSPS) is 13.5. The van der Waals surface area contributed by atoms with Crippen LogP contribution >= 0.6 is 11.6 Å². The number of anilines is 2. The van der Waals surface area contributed by atoms with Gasteiger partial charge in [-0.25, -0.2) is 15.0 Å². The number of aliphatic hydroxyl groups is 1. The van der Waals surface area contributed by atoms with Gasteiger partial charge < -0.3 is 36.4 Å². The molecule has 1 atom stereocenters. The molecule has 13 nitrogen and oxygen atoms in total. The Labute approximate surface area is 235 Å². The number of carbonyl (C=O) groups is 2. The number of rotatable bonds is 10. The number of fused-ring (bicyclic) bond motifs is 1. The Bertz CT molecular complexity index is 1460. The molecule has 0 bridgehead atoms. The maximum atomic E-state index is 13.2. The highest BCUT2D eigenvalue weighted by atomic mass is 35.5. The van der Waals surface area contributed by atoms with Gasteiger partial charge in [-0.3, -0.25) is 9.59 Å². The van der Waals surface area contributed by atoms with Gasteiger partial charge in [-0.15, -0.1) is 0 Å². The van der Waals surface area contributed by atoms with E-state index in [4.69, 9.17) is 17.0 Å². The van der Waals surface area contributed by atoms with Crippen LogP contribution in [0.2, 0.25) is 5.02 Å². The summed E-state index contributed by atoms with van der Waals surface area (Å²) in [4.78, 5) is 42.4. The standard InChI is InChI=1S/C26H29ClN10O3/c1-29-35-21(10-28)33-26-30-11-18(27)24(34-26)15-7-8-16-12-37(25(40)17(16)9-15)13-23(39)32-20(14-38)19-5-4-6-22(31-19)36(2)3/h4-11,20,28-29,38H,12-14H2,1-3H3,(H,32,39)(H,30,33,34,35)/t20-/m1/s1. The van der Waals surface area contributed by atoms with Crippen molar-refractivity contribution in [3.8, 4) is 11.3 Å². The lowest BCUT2D eigenvalue weighted by atomic mass is 10.0. The number of aromatic nitrogens is 3. The fourth-order valence-electron chi connectivity index (χ4n) is 4.11. The summed E-state index contributed by atoms with van der Waals surface area (Å²) in [6, 6.07) is 9.91. The van der Waals surface area contributed by atoms with Crippen LogP contribution in [0.1, 0.15) is 27.7 Å². The highest BCUT2D eigenvalue weighted by Gasteiger charge is 2.30. The zero-order valence-corrected chi connectivity index (χ0v) is 22.9. The molecule has 0 radical (unpaired) electrons. The summed E-state index contributed by atoms with van der Waals surface area (Å²) in [5, 5.41) is 27.1. The fraction of sp³-hybridized carbons (Fsp3) is 0.269. The smallest absolute Gasteiger partial charge is 0.254 e. The monoisotopic (exact) mass is 564 g/mol. The lowest BCUT2D eigenvalue weighted by Crippen LogP contribution is -2.40. The Kier molecular flexibility index (Phi) is 8.86. The Hall–Kier alpha value is -4.62. The molecule has 0 spiro atoms. The van der Waals surface area contributed by atoms with Crippen molar-refractivity contribution < 1.29 is 14.7 Å². The van der Waals surface area contributed by atoms with E-state index in [-0.39, 0.29) is 42.4 Å². The van der Waals surface area contributed by atoms with E-state index in [9.17, 15) is 14.7 Å². The van der Waals surface area contributed by atoms with Crippen LogP contribution in [0.3, 0.4) is 0 Å². The Balaban J connectivity index is 1.48. The van der Waals surface area contributed by atoms with Crippen LogP contribution in [0.4, 0.5) is 11.8 Å². The summed E-state index contributed by atoms with van der Waals surface area (Å²) in [7, 11) is 5.30. The number of hydrogen-bond donors (Lipinski definition) is 5. The molecule has 0 saturated carbocycles. The van der Waals surface area contributed by atoms with Crippen molar-refractivity contribution in [2.75, 3.05) is 44.5 Å². The van der Waals surface area contributed by atoms with Gasteiger partial charge in [0.2, 0.25) is 11.9 Å². The van der Waals surface area contributed by atoms with Crippen molar-refractivity contribution in [1.82, 2.24) is 30.6 Å². The summed E-state index contributed by atoms with van der Waals surface area (Å²) in [5.74, 6) is 0.331. The first-order chi connectivity index (χ1) is 19.2. The lowest BCUT2D eigenvalue weighted by Gasteiger charge is -2.21. The molecule has 0 unspecified atom stereocenters. The molecular formula is C26H29ClN10O3. The third-order valence-corrected chi connectivity index (χ3v) is 6.32. The first kappa shape index (κ1) is 28.4. The van der Waals surface area contributed by atoms with Gasteiger partial charge in [-0.05, 0) is 23.8 Å². The molecule has 14 heteroatoms. The summed E-state index contributed by atoms with van der Waals surface area (Å²) in [6.45, 7) is -0.272. The maximum absolute atomic E-state index is 13.2. The minimum absolute atomic E-state index is 0.172. The van der Waals surface area contributed by atoms with Crippen LogP contribution in [-0.2, 0) is 11.3 Å². The van der Waals surface area contributed by atoms with Gasteiger partial charge in [0.15, 0.2) is 5.84 Å². The molecule has 1 aromatic carbocycles. The number of pyridine rings is 1. The Morgan fingerprint density at radius 3 is 2.80 bits per heavy atom. The first-order valence-corrected chi connectivity index (χ1v) is 12.6. The fourth-order valence-corrected chi connectivity index (χ4v) is 4.31. The van der Waals surface area contributed by atoms with Crippen LogP contribution in [-0.4, -0.2) is 83.1 Å². The van der Waals surface area contributed by atoms with E-state index in [1.165, 1.54) is 11.1 Å². The minimum atomic E-state index is -0.715. The maximum Gasteiger partial charge on any atom is 0.254 e. The van der Waals surface area contributed by atoms with Crippen LogP contribution < -0.4 is 21.0 Å². The van der Waals surface area contributed by atoms with Gasteiger partial charge in [-0.2, -0.15) is 5.10 Å². The average molecular weight is 565 g/mol. The van der Waals surface area contributed by atoms with Gasteiger partial charge >= 0.3 is 0 Å². The Morgan fingerprint density at radius 1 is 1.30 bits per heavy atom.